The van der Waals surface area contributed by atoms with E-state index in [1.54, 1.807) is 12.1 Å². The predicted octanol–water partition coefficient (Wildman–Crippen LogP) is 1.36. The van der Waals surface area contributed by atoms with Gasteiger partial charge in [0, 0.05) is 12.1 Å². The predicted molar refractivity (Wildman–Crippen MR) is 68.7 cm³/mol. The molecule has 0 aliphatic rings. The molecule has 0 radical (unpaired) electrons. The Hall–Kier alpha value is -2.42. The number of nitriles is 1. The van der Waals surface area contributed by atoms with E-state index < -0.39 is 0 Å². The summed E-state index contributed by atoms with van der Waals surface area (Å²) in [7, 11) is 4.45. The maximum Gasteiger partial charge on any atom is 0.251 e. The van der Waals surface area contributed by atoms with Gasteiger partial charge in [0.25, 0.3) is 5.91 Å². The molecule has 6 nitrogen and oxygen atoms in total. The molecule has 1 amide bonds. The van der Waals surface area contributed by atoms with Crippen LogP contribution in [0.5, 0.6) is 17.2 Å². The van der Waals surface area contributed by atoms with Gasteiger partial charge in [-0.15, -0.1) is 0 Å². The molecule has 1 N–H and O–H groups in total. The van der Waals surface area contributed by atoms with Crippen LogP contribution in [0.25, 0.3) is 0 Å². The number of hydrogen-bond acceptors (Lipinski definition) is 5. The first-order chi connectivity index (χ1) is 9.17. The fourth-order valence-electron chi connectivity index (χ4n) is 1.55. The average molecular weight is 264 g/mol. The topological polar surface area (TPSA) is 80.6 Å². The molecule has 0 spiro atoms. The van der Waals surface area contributed by atoms with E-state index in [1.807, 2.05) is 6.07 Å². The molecule has 1 aromatic rings. The summed E-state index contributed by atoms with van der Waals surface area (Å²) >= 11 is 0. The maximum absolute atomic E-state index is 11.9. The number of rotatable bonds is 6. The maximum atomic E-state index is 11.9. The van der Waals surface area contributed by atoms with Crippen LogP contribution in [0.3, 0.4) is 0 Å². The van der Waals surface area contributed by atoms with E-state index in [4.69, 9.17) is 19.5 Å². The molecule has 0 fully saturated rings. The van der Waals surface area contributed by atoms with Crippen molar-refractivity contribution < 1.29 is 19.0 Å². The van der Waals surface area contributed by atoms with Gasteiger partial charge in [-0.05, 0) is 12.1 Å². The molecule has 0 saturated carbocycles. The monoisotopic (exact) mass is 264 g/mol. The molecule has 0 aliphatic carbocycles. The van der Waals surface area contributed by atoms with Gasteiger partial charge in [-0.1, -0.05) is 0 Å². The van der Waals surface area contributed by atoms with Gasteiger partial charge in [-0.2, -0.15) is 5.26 Å². The van der Waals surface area contributed by atoms with Gasteiger partial charge >= 0.3 is 0 Å². The lowest BCUT2D eigenvalue weighted by atomic mass is 10.1. The number of amides is 1. The summed E-state index contributed by atoms with van der Waals surface area (Å²) in [5.41, 5.74) is 0.382. The molecule has 0 atom stereocenters. The smallest absolute Gasteiger partial charge is 0.251 e. The highest BCUT2D eigenvalue weighted by Gasteiger charge is 2.16. The van der Waals surface area contributed by atoms with E-state index in [0.717, 1.165) is 0 Å². The van der Waals surface area contributed by atoms with E-state index in [2.05, 4.69) is 5.32 Å². The van der Waals surface area contributed by atoms with Crippen LogP contribution in [0.15, 0.2) is 12.1 Å². The van der Waals surface area contributed by atoms with Crippen molar-refractivity contribution in [1.82, 2.24) is 5.32 Å². The lowest BCUT2D eigenvalue weighted by Crippen LogP contribution is -2.24. The summed E-state index contributed by atoms with van der Waals surface area (Å²) in [6, 6.07) is 5.07. The second-order valence-corrected chi connectivity index (χ2v) is 3.58. The van der Waals surface area contributed by atoms with Crippen LogP contribution in [0.1, 0.15) is 16.8 Å². The number of carbonyl (C=O) groups excluding carboxylic acids is 1. The normalized spacial score (nSPS) is 9.37. The highest BCUT2D eigenvalue weighted by molar-refractivity contribution is 5.95. The van der Waals surface area contributed by atoms with Crippen LogP contribution in [-0.4, -0.2) is 33.8 Å². The summed E-state index contributed by atoms with van der Waals surface area (Å²) in [6.07, 6.45) is 0.260. The Kier molecular flexibility index (Phi) is 5.48. The molecule has 1 rings (SSSR count). The zero-order chi connectivity index (χ0) is 14.3. The lowest BCUT2D eigenvalue weighted by Gasteiger charge is -2.13. The minimum atomic E-state index is -0.297. The van der Waals surface area contributed by atoms with Crippen LogP contribution in [0.2, 0.25) is 0 Å². The highest BCUT2D eigenvalue weighted by Crippen LogP contribution is 2.38. The van der Waals surface area contributed by atoms with Crippen LogP contribution >= 0.6 is 0 Å². The van der Waals surface area contributed by atoms with Crippen molar-refractivity contribution in [2.45, 2.75) is 6.42 Å². The molecule has 0 aromatic heterocycles. The van der Waals surface area contributed by atoms with Crippen LogP contribution in [0, 0.1) is 11.3 Å². The lowest BCUT2D eigenvalue weighted by molar-refractivity contribution is 0.0953. The number of benzene rings is 1. The molecule has 0 heterocycles. The van der Waals surface area contributed by atoms with E-state index in [9.17, 15) is 4.79 Å². The van der Waals surface area contributed by atoms with Crippen molar-refractivity contribution in [1.29, 1.82) is 5.26 Å². The van der Waals surface area contributed by atoms with Gasteiger partial charge in [0.2, 0.25) is 5.75 Å². The number of ether oxygens (including phenoxy) is 3. The molecule has 19 heavy (non-hydrogen) atoms. The van der Waals surface area contributed by atoms with Crippen molar-refractivity contribution >= 4 is 5.91 Å². The van der Waals surface area contributed by atoms with Gasteiger partial charge in [0.15, 0.2) is 11.5 Å². The summed E-state index contributed by atoms with van der Waals surface area (Å²) in [5, 5.41) is 11.1. The third kappa shape index (κ3) is 3.52. The number of hydrogen-bond donors (Lipinski definition) is 1. The molecule has 0 unspecified atom stereocenters. The molecule has 102 valence electrons. The number of nitrogens with zero attached hydrogens (tertiary/aromatic N) is 1. The van der Waals surface area contributed by atoms with Crippen LogP contribution in [-0.2, 0) is 0 Å². The molecule has 0 bridgehead atoms. The van der Waals surface area contributed by atoms with Crippen molar-refractivity contribution in [2.24, 2.45) is 0 Å². The Morgan fingerprint density at radius 3 is 2.21 bits per heavy atom. The van der Waals surface area contributed by atoms with E-state index in [0.29, 0.717) is 29.4 Å². The van der Waals surface area contributed by atoms with Crippen LogP contribution in [0.4, 0.5) is 0 Å². The summed E-state index contributed by atoms with van der Waals surface area (Å²) < 4.78 is 15.5. The van der Waals surface area contributed by atoms with Crippen LogP contribution < -0.4 is 19.5 Å². The van der Waals surface area contributed by atoms with Gasteiger partial charge in [0.05, 0.1) is 33.8 Å². The SMILES string of the molecule is COc1cc(C(=O)NCCC#N)cc(OC)c1OC. The van der Waals surface area contributed by atoms with E-state index in [-0.39, 0.29) is 12.3 Å². The summed E-state index contributed by atoms with van der Waals surface area (Å²) in [6.45, 7) is 0.298. The molecule has 0 saturated heterocycles. The molecule has 6 heteroatoms. The largest absolute Gasteiger partial charge is 0.493 e. The fourth-order valence-corrected chi connectivity index (χ4v) is 1.55. The third-order valence-electron chi connectivity index (χ3n) is 2.45. The van der Waals surface area contributed by atoms with E-state index in [1.165, 1.54) is 21.3 Å². The number of nitrogens with one attached hydrogen (secondary N) is 1. The van der Waals surface area contributed by atoms with Gasteiger partial charge < -0.3 is 19.5 Å². The third-order valence-corrected chi connectivity index (χ3v) is 2.45. The Morgan fingerprint density at radius 1 is 1.21 bits per heavy atom. The Balaban J connectivity index is 3.02. The second kappa shape index (κ2) is 7.11. The number of carbonyl (C=O) groups is 1. The summed E-state index contributed by atoms with van der Waals surface area (Å²) in [4.78, 5) is 11.9. The van der Waals surface area contributed by atoms with Crippen molar-refractivity contribution in [3.05, 3.63) is 17.7 Å². The Labute approximate surface area is 111 Å². The van der Waals surface area contributed by atoms with Gasteiger partial charge in [0.1, 0.15) is 0 Å². The fraction of sp³-hybridized carbons (Fsp3) is 0.385. The average Bonchev–Trinajstić information content (AvgIpc) is 2.45. The number of methoxy groups -OCH3 is 3. The van der Waals surface area contributed by atoms with Crippen molar-refractivity contribution in [3.63, 3.8) is 0 Å². The quantitative estimate of drug-likeness (QED) is 0.784. The van der Waals surface area contributed by atoms with Gasteiger partial charge in [-0.3, -0.25) is 4.79 Å². The highest BCUT2D eigenvalue weighted by atomic mass is 16.5. The first kappa shape index (κ1) is 14.6. The molecule has 1 aromatic carbocycles. The minimum Gasteiger partial charge on any atom is -0.493 e. The minimum absolute atomic E-state index is 0.260. The first-order valence-electron chi connectivity index (χ1n) is 5.63. The molecular weight excluding hydrogens is 248 g/mol. The Bertz CT molecular complexity index is 469. The van der Waals surface area contributed by atoms with Crippen molar-refractivity contribution in [2.75, 3.05) is 27.9 Å². The molecule has 0 aliphatic heterocycles. The van der Waals surface area contributed by atoms with E-state index >= 15 is 0 Å². The second-order valence-electron chi connectivity index (χ2n) is 3.58. The van der Waals surface area contributed by atoms with Crippen molar-refractivity contribution in [3.8, 4) is 23.3 Å². The first-order valence-corrected chi connectivity index (χ1v) is 5.63. The zero-order valence-electron chi connectivity index (χ0n) is 11.1. The Morgan fingerprint density at radius 2 is 1.79 bits per heavy atom. The molecular formula is C13H16N2O4. The standard InChI is InChI=1S/C13H16N2O4/c1-17-10-7-9(13(16)15-6-4-5-14)8-11(18-2)12(10)19-3/h7-8H,4,6H2,1-3H3,(H,15,16). The summed E-state index contributed by atoms with van der Waals surface area (Å²) in [5.74, 6) is 0.952. The van der Waals surface area contributed by atoms with Gasteiger partial charge in [-0.25, -0.2) is 0 Å². The zero-order valence-corrected chi connectivity index (χ0v) is 11.1.